The Hall–Kier alpha value is -0.860. The van der Waals surface area contributed by atoms with Crippen molar-refractivity contribution < 1.29 is 23.1 Å². The first-order valence-corrected chi connectivity index (χ1v) is 8.19. The Morgan fingerprint density at radius 3 is 2.71 bits per heavy atom. The van der Waals surface area contributed by atoms with Crippen LogP contribution in [0.1, 0.15) is 6.42 Å². The van der Waals surface area contributed by atoms with Gasteiger partial charge in [0, 0.05) is 18.0 Å². The normalized spacial score (nSPS) is 23.2. The van der Waals surface area contributed by atoms with Crippen LogP contribution in [0.15, 0.2) is 23.1 Å². The van der Waals surface area contributed by atoms with E-state index in [2.05, 4.69) is 4.74 Å². The Balaban J connectivity index is 2.47. The van der Waals surface area contributed by atoms with Gasteiger partial charge in [0.25, 0.3) is 0 Å². The number of halogens is 2. The van der Waals surface area contributed by atoms with Crippen LogP contribution in [-0.2, 0) is 19.6 Å². The number of esters is 1. The van der Waals surface area contributed by atoms with Crippen molar-refractivity contribution in [3.8, 4) is 0 Å². The molecule has 0 aromatic heterocycles. The van der Waals surface area contributed by atoms with E-state index in [9.17, 15) is 18.3 Å². The Kier molecular flexibility index (Phi) is 4.79. The van der Waals surface area contributed by atoms with Crippen LogP contribution in [0.4, 0.5) is 0 Å². The summed E-state index contributed by atoms with van der Waals surface area (Å²) in [6, 6.07) is 2.94. The number of aliphatic hydroxyl groups excluding tert-OH is 1. The lowest BCUT2D eigenvalue weighted by molar-refractivity contribution is -0.144. The molecule has 6 nitrogen and oxygen atoms in total. The molecule has 1 heterocycles. The van der Waals surface area contributed by atoms with Crippen molar-refractivity contribution in [1.82, 2.24) is 4.31 Å². The highest BCUT2D eigenvalue weighted by Crippen LogP contribution is 2.32. The number of nitrogens with zero attached hydrogens (tertiary/aromatic N) is 1. The van der Waals surface area contributed by atoms with E-state index in [1.165, 1.54) is 18.2 Å². The van der Waals surface area contributed by atoms with Crippen molar-refractivity contribution in [2.75, 3.05) is 13.7 Å². The van der Waals surface area contributed by atoms with Crippen molar-refractivity contribution in [2.24, 2.45) is 0 Å². The maximum atomic E-state index is 12.6. The van der Waals surface area contributed by atoms with Gasteiger partial charge in [-0.1, -0.05) is 23.2 Å². The first kappa shape index (κ1) is 16.5. The fourth-order valence-corrected chi connectivity index (χ4v) is 4.57. The summed E-state index contributed by atoms with van der Waals surface area (Å²) in [7, 11) is -2.92. The number of carbonyl (C=O) groups is 1. The van der Waals surface area contributed by atoms with E-state index < -0.39 is 28.1 Å². The van der Waals surface area contributed by atoms with E-state index in [1.807, 2.05) is 0 Å². The highest BCUT2D eigenvalue weighted by molar-refractivity contribution is 7.89. The summed E-state index contributed by atoms with van der Waals surface area (Å²) in [6.45, 7) is -0.203. The predicted molar refractivity (Wildman–Crippen MR) is 76.8 cm³/mol. The summed E-state index contributed by atoms with van der Waals surface area (Å²) in [6.07, 6.45) is -0.966. The third-order valence-electron chi connectivity index (χ3n) is 3.19. The molecule has 0 bridgehead atoms. The molecule has 0 saturated carbocycles. The summed E-state index contributed by atoms with van der Waals surface area (Å²) in [5.41, 5.74) is 0. The van der Waals surface area contributed by atoms with Gasteiger partial charge in [0.1, 0.15) is 10.9 Å². The zero-order valence-corrected chi connectivity index (χ0v) is 13.3. The highest BCUT2D eigenvalue weighted by Gasteiger charge is 2.44. The number of sulfonamides is 1. The molecule has 2 unspecified atom stereocenters. The molecule has 21 heavy (non-hydrogen) atoms. The zero-order chi connectivity index (χ0) is 15.8. The van der Waals surface area contributed by atoms with Crippen LogP contribution in [0.3, 0.4) is 0 Å². The molecule has 1 aromatic rings. The fraction of sp³-hybridized carbons (Fsp3) is 0.417. The highest BCUT2D eigenvalue weighted by atomic mass is 35.5. The van der Waals surface area contributed by atoms with Crippen molar-refractivity contribution in [2.45, 2.75) is 23.5 Å². The minimum absolute atomic E-state index is 0.00981. The zero-order valence-electron chi connectivity index (χ0n) is 11.0. The first-order valence-electron chi connectivity index (χ1n) is 6.00. The van der Waals surface area contributed by atoms with E-state index in [4.69, 9.17) is 23.2 Å². The van der Waals surface area contributed by atoms with Crippen LogP contribution in [0, 0.1) is 0 Å². The Morgan fingerprint density at radius 1 is 1.43 bits per heavy atom. The van der Waals surface area contributed by atoms with E-state index in [0.29, 0.717) is 0 Å². The standard InChI is InChI=1S/C12H13Cl2NO5S/c1-20-12(17)10-5-8(16)6-15(10)21(18,19)11-4-7(13)2-3-9(11)14/h2-4,8,10,16H,5-6H2,1H3. The third-order valence-corrected chi connectivity index (χ3v) is 5.78. The predicted octanol–water partition coefficient (Wildman–Crippen LogP) is 1.29. The molecule has 2 atom stereocenters. The molecule has 0 spiro atoms. The van der Waals surface area contributed by atoms with Crippen LogP contribution in [0.25, 0.3) is 0 Å². The van der Waals surface area contributed by atoms with Gasteiger partial charge in [-0.2, -0.15) is 4.31 Å². The van der Waals surface area contributed by atoms with Crippen LogP contribution in [0.2, 0.25) is 10.0 Å². The average molecular weight is 354 g/mol. The number of benzene rings is 1. The van der Waals surface area contributed by atoms with Gasteiger partial charge in [0.2, 0.25) is 10.0 Å². The summed E-state index contributed by atoms with van der Waals surface area (Å²) in [5.74, 6) is -0.728. The maximum absolute atomic E-state index is 12.6. The fourth-order valence-electron chi connectivity index (χ4n) is 2.20. The maximum Gasteiger partial charge on any atom is 0.324 e. The number of hydrogen-bond acceptors (Lipinski definition) is 5. The number of rotatable bonds is 3. The number of methoxy groups -OCH3 is 1. The number of aliphatic hydroxyl groups is 1. The average Bonchev–Trinajstić information content (AvgIpc) is 2.83. The lowest BCUT2D eigenvalue weighted by Crippen LogP contribution is -2.41. The van der Waals surface area contributed by atoms with Crippen LogP contribution in [0.5, 0.6) is 0 Å². The Morgan fingerprint density at radius 2 is 2.10 bits per heavy atom. The number of ether oxygens (including phenoxy) is 1. The van der Waals surface area contributed by atoms with Gasteiger partial charge in [-0.05, 0) is 18.2 Å². The van der Waals surface area contributed by atoms with E-state index in [1.54, 1.807) is 0 Å². The summed E-state index contributed by atoms with van der Waals surface area (Å²) in [5, 5.41) is 9.87. The van der Waals surface area contributed by atoms with Crippen LogP contribution >= 0.6 is 23.2 Å². The molecule has 1 aromatic carbocycles. The first-order chi connectivity index (χ1) is 9.77. The minimum Gasteiger partial charge on any atom is -0.468 e. The molecule has 116 valence electrons. The van der Waals surface area contributed by atoms with Crippen molar-refractivity contribution in [1.29, 1.82) is 0 Å². The Labute approximate surface area is 132 Å². The molecule has 1 N–H and O–H groups in total. The summed E-state index contributed by atoms with van der Waals surface area (Å²) >= 11 is 11.7. The van der Waals surface area contributed by atoms with Crippen molar-refractivity contribution in [3.05, 3.63) is 28.2 Å². The van der Waals surface area contributed by atoms with Gasteiger partial charge in [0.05, 0.1) is 18.2 Å². The molecule has 1 saturated heterocycles. The molecule has 0 aliphatic carbocycles. The van der Waals surface area contributed by atoms with E-state index in [0.717, 1.165) is 11.4 Å². The lowest BCUT2D eigenvalue weighted by Gasteiger charge is -2.22. The molecule has 1 fully saturated rings. The number of carbonyl (C=O) groups excluding carboxylic acids is 1. The number of hydrogen-bond donors (Lipinski definition) is 1. The smallest absolute Gasteiger partial charge is 0.324 e. The molecule has 0 radical (unpaired) electrons. The van der Waals surface area contributed by atoms with Gasteiger partial charge in [0.15, 0.2) is 0 Å². The van der Waals surface area contributed by atoms with Gasteiger partial charge in [-0.25, -0.2) is 8.42 Å². The second-order valence-electron chi connectivity index (χ2n) is 4.58. The summed E-state index contributed by atoms with van der Waals surface area (Å²) in [4.78, 5) is 11.5. The molecule has 0 amide bonds. The molecule has 9 heteroatoms. The summed E-state index contributed by atoms with van der Waals surface area (Å²) < 4.78 is 30.8. The van der Waals surface area contributed by atoms with Crippen LogP contribution in [-0.4, -0.2) is 49.6 Å². The quantitative estimate of drug-likeness (QED) is 0.827. The van der Waals surface area contributed by atoms with E-state index >= 15 is 0 Å². The number of β-amino-alcohol motifs (C(OH)–C–C–N with tert-alkyl or cyclic N) is 1. The van der Waals surface area contributed by atoms with Crippen LogP contribution < -0.4 is 0 Å². The minimum atomic E-state index is -4.07. The van der Waals surface area contributed by atoms with E-state index in [-0.39, 0.29) is 27.9 Å². The monoisotopic (exact) mass is 353 g/mol. The molecule has 1 aliphatic rings. The van der Waals surface area contributed by atoms with Gasteiger partial charge >= 0.3 is 5.97 Å². The second-order valence-corrected chi connectivity index (χ2v) is 7.28. The molecular weight excluding hydrogens is 341 g/mol. The SMILES string of the molecule is COC(=O)C1CC(O)CN1S(=O)(=O)c1cc(Cl)ccc1Cl. The van der Waals surface area contributed by atoms with Crippen molar-refractivity contribution >= 4 is 39.2 Å². The molecule has 2 rings (SSSR count). The lowest BCUT2D eigenvalue weighted by atomic mass is 10.2. The Bertz CT molecular complexity index is 664. The molecule has 1 aliphatic heterocycles. The van der Waals surface area contributed by atoms with Gasteiger partial charge in [-0.3, -0.25) is 4.79 Å². The largest absolute Gasteiger partial charge is 0.468 e. The van der Waals surface area contributed by atoms with Gasteiger partial charge in [-0.15, -0.1) is 0 Å². The topological polar surface area (TPSA) is 83.9 Å². The van der Waals surface area contributed by atoms with Gasteiger partial charge < -0.3 is 9.84 Å². The third kappa shape index (κ3) is 3.17. The van der Waals surface area contributed by atoms with Crippen molar-refractivity contribution in [3.63, 3.8) is 0 Å². The molecular formula is C12H13Cl2NO5S. The second kappa shape index (κ2) is 6.10.